The highest BCUT2D eigenvalue weighted by Crippen LogP contribution is 2.16. The Hall–Kier alpha value is -2.44. The molecule has 0 saturated heterocycles. The lowest BCUT2D eigenvalue weighted by atomic mass is 10.1. The smallest absolute Gasteiger partial charge is 0.252 e. The largest absolute Gasteiger partial charge is 0.369 e. The van der Waals surface area contributed by atoms with Crippen molar-refractivity contribution >= 4 is 11.7 Å². The van der Waals surface area contributed by atoms with Crippen LogP contribution in [0, 0.1) is 27.7 Å². The summed E-state index contributed by atoms with van der Waals surface area (Å²) in [5.41, 5.74) is 7.67. The van der Waals surface area contributed by atoms with Gasteiger partial charge in [0, 0.05) is 18.8 Å². The van der Waals surface area contributed by atoms with E-state index in [9.17, 15) is 4.79 Å². The molecule has 2 rings (SSSR count). The van der Waals surface area contributed by atoms with E-state index in [0.29, 0.717) is 17.9 Å². The van der Waals surface area contributed by atoms with Gasteiger partial charge in [0.25, 0.3) is 5.91 Å². The fourth-order valence-corrected chi connectivity index (χ4v) is 2.24. The van der Waals surface area contributed by atoms with Crippen LogP contribution in [0.2, 0.25) is 0 Å². The van der Waals surface area contributed by atoms with Crippen LogP contribution in [0.3, 0.4) is 0 Å². The van der Waals surface area contributed by atoms with Crippen LogP contribution in [0.15, 0.2) is 6.07 Å². The highest BCUT2D eigenvalue weighted by atomic mass is 16.1. The monoisotopic (exact) mass is 302 g/mol. The van der Waals surface area contributed by atoms with E-state index in [4.69, 9.17) is 5.73 Å². The van der Waals surface area contributed by atoms with Gasteiger partial charge in [-0.3, -0.25) is 9.48 Å². The molecule has 7 nitrogen and oxygen atoms in total. The zero-order valence-corrected chi connectivity index (χ0v) is 13.5. The van der Waals surface area contributed by atoms with Gasteiger partial charge >= 0.3 is 0 Å². The van der Waals surface area contributed by atoms with Crippen LogP contribution >= 0.6 is 0 Å². The number of nitrogens with zero attached hydrogens (tertiary/aromatic N) is 4. The third kappa shape index (κ3) is 3.60. The first kappa shape index (κ1) is 15.9. The van der Waals surface area contributed by atoms with E-state index < -0.39 is 5.91 Å². The number of amides is 1. The number of carbonyl (C=O) groups is 1. The van der Waals surface area contributed by atoms with E-state index in [1.54, 1.807) is 6.07 Å². The maximum Gasteiger partial charge on any atom is 0.252 e. The molecule has 2 heterocycles. The molecule has 7 heteroatoms. The predicted octanol–water partition coefficient (Wildman–Crippen LogP) is 1.51. The SMILES string of the molecule is Cc1nc(C)n(CCCNc2nc(C)c(C)cc2C(N)=O)n1. The summed E-state index contributed by atoms with van der Waals surface area (Å²) in [6.45, 7) is 9.06. The van der Waals surface area contributed by atoms with Gasteiger partial charge in [0.15, 0.2) is 0 Å². The molecule has 0 atom stereocenters. The van der Waals surface area contributed by atoms with Gasteiger partial charge in [0.1, 0.15) is 17.5 Å². The first-order valence-electron chi connectivity index (χ1n) is 7.28. The normalized spacial score (nSPS) is 10.7. The van der Waals surface area contributed by atoms with Crippen LogP contribution in [0.4, 0.5) is 5.82 Å². The molecular weight excluding hydrogens is 280 g/mol. The lowest BCUT2D eigenvalue weighted by Crippen LogP contribution is -2.18. The van der Waals surface area contributed by atoms with Crippen LogP contribution < -0.4 is 11.1 Å². The summed E-state index contributed by atoms with van der Waals surface area (Å²) in [6, 6.07) is 1.78. The summed E-state index contributed by atoms with van der Waals surface area (Å²) in [5, 5.41) is 7.50. The molecule has 22 heavy (non-hydrogen) atoms. The molecule has 0 fully saturated rings. The van der Waals surface area contributed by atoms with Crippen molar-refractivity contribution in [2.45, 2.75) is 40.7 Å². The Labute approximate surface area is 130 Å². The van der Waals surface area contributed by atoms with Crippen molar-refractivity contribution in [3.05, 3.63) is 34.5 Å². The third-order valence-corrected chi connectivity index (χ3v) is 3.53. The Morgan fingerprint density at radius 3 is 2.59 bits per heavy atom. The molecule has 3 N–H and O–H groups in total. The molecule has 0 radical (unpaired) electrons. The first-order chi connectivity index (χ1) is 10.4. The van der Waals surface area contributed by atoms with Gasteiger partial charge in [-0.25, -0.2) is 9.97 Å². The number of hydrogen-bond acceptors (Lipinski definition) is 5. The number of aromatic nitrogens is 4. The average molecular weight is 302 g/mol. The second-order valence-corrected chi connectivity index (χ2v) is 5.36. The number of nitrogens with one attached hydrogen (secondary N) is 1. The average Bonchev–Trinajstić information content (AvgIpc) is 2.76. The maximum atomic E-state index is 11.5. The van der Waals surface area contributed by atoms with E-state index in [0.717, 1.165) is 35.9 Å². The van der Waals surface area contributed by atoms with Crippen LogP contribution in [-0.2, 0) is 6.54 Å². The summed E-state index contributed by atoms with van der Waals surface area (Å²) in [7, 11) is 0. The van der Waals surface area contributed by atoms with Crippen molar-refractivity contribution in [3.63, 3.8) is 0 Å². The molecule has 0 bridgehead atoms. The second kappa shape index (κ2) is 6.55. The molecule has 0 aliphatic heterocycles. The van der Waals surface area contributed by atoms with Crippen molar-refractivity contribution in [1.29, 1.82) is 0 Å². The molecule has 2 aromatic heterocycles. The molecule has 0 aliphatic carbocycles. The van der Waals surface area contributed by atoms with Crippen molar-refractivity contribution in [2.24, 2.45) is 5.73 Å². The molecule has 118 valence electrons. The van der Waals surface area contributed by atoms with Crippen molar-refractivity contribution in [3.8, 4) is 0 Å². The Balaban J connectivity index is 1.98. The highest BCUT2D eigenvalue weighted by Gasteiger charge is 2.11. The molecule has 2 aromatic rings. The first-order valence-corrected chi connectivity index (χ1v) is 7.28. The van der Waals surface area contributed by atoms with Crippen LogP contribution in [-0.4, -0.2) is 32.2 Å². The van der Waals surface area contributed by atoms with Crippen molar-refractivity contribution in [1.82, 2.24) is 19.7 Å². The van der Waals surface area contributed by atoms with Crippen LogP contribution in [0.25, 0.3) is 0 Å². The maximum absolute atomic E-state index is 11.5. The van der Waals surface area contributed by atoms with E-state index in [2.05, 4.69) is 20.4 Å². The summed E-state index contributed by atoms with van der Waals surface area (Å²) in [5.74, 6) is 1.75. The number of aryl methyl sites for hydroxylation is 5. The number of hydrogen-bond donors (Lipinski definition) is 2. The molecular formula is C15H22N6O. The van der Waals surface area contributed by atoms with E-state index in [-0.39, 0.29) is 0 Å². The Morgan fingerprint density at radius 1 is 1.27 bits per heavy atom. The van der Waals surface area contributed by atoms with Crippen molar-refractivity contribution in [2.75, 3.05) is 11.9 Å². The fraction of sp³-hybridized carbons (Fsp3) is 0.467. The Morgan fingerprint density at radius 2 is 2.00 bits per heavy atom. The Kier molecular flexibility index (Phi) is 4.75. The number of rotatable bonds is 6. The summed E-state index contributed by atoms with van der Waals surface area (Å²) in [6.07, 6.45) is 0.844. The zero-order valence-electron chi connectivity index (χ0n) is 13.5. The van der Waals surface area contributed by atoms with Crippen LogP contribution in [0.5, 0.6) is 0 Å². The van der Waals surface area contributed by atoms with Gasteiger partial charge in [-0.2, -0.15) is 5.10 Å². The van der Waals surface area contributed by atoms with Gasteiger partial charge in [-0.05, 0) is 45.7 Å². The fourth-order valence-electron chi connectivity index (χ4n) is 2.24. The summed E-state index contributed by atoms with van der Waals surface area (Å²) in [4.78, 5) is 20.2. The standard InChI is InChI=1S/C15H22N6O/c1-9-8-13(14(16)22)15(18-10(9)2)17-6-5-7-21-12(4)19-11(3)20-21/h8H,5-7H2,1-4H3,(H2,16,22)(H,17,18). The quantitative estimate of drug-likeness (QED) is 0.788. The van der Waals surface area contributed by atoms with Gasteiger partial charge < -0.3 is 11.1 Å². The highest BCUT2D eigenvalue weighted by molar-refractivity contribution is 5.97. The zero-order chi connectivity index (χ0) is 16.3. The number of pyridine rings is 1. The van der Waals surface area contributed by atoms with E-state index in [1.165, 1.54) is 0 Å². The lowest BCUT2D eigenvalue weighted by molar-refractivity contribution is 0.100. The number of nitrogens with two attached hydrogens (primary N) is 1. The molecule has 0 spiro atoms. The molecule has 0 aliphatic rings. The van der Waals surface area contributed by atoms with Gasteiger partial charge in [0.05, 0.1) is 5.56 Å². The topological polar surface area (TPSA) is 98.7 Å². The van der Waals surface area contributed by atoms with E-state index in [1.807, 2.05) is 32.4 Å². The molecule has 1 amide bonds. The van der Waals surface area contributed by atoms with Gasteiger partial charge in [0.2, 0.25) is 0 Å². The number of primary amides is 1. The molecule has 0 unspecified atom stereocenters. The predicted molar refractivity (Wildman–Crippen MR) is 84.8 cm³/mol. The molecule has 0 saturated carbocycles. The lowest BCUT2D eigenvalue weighted by Gasteiger charge is -2.12. The third-order valence-electron chi connectivity index (χ3n) is 3.53. The Bertz CT molecular complexity index is 692. The van der Waals surface area contributed by atoms with Crippen molar-refractivity contribution < 1.29 is 4.79 Å². The summed E-state index contributed by atoms with van der Waals surface area (Å²) >= 11 is 0. The minimum absolute atomic E-state index is 0.427. The summed E-state index contributed by atoms with van der Waals surface area (Å²) < 4.78 is 1.87. The van der Waals surface area contributed by atoms with E-state index >= 15 is 0 Å². The van der Waals surface area contributed by atoms with Gasteiger partial charge in [-0.1, -0.05) is 0 Å². The number of anilines is 1. The second-order valence-electron chi connectivity index (χ2n) is 5.36. The molecule has 0 aromatic carbocycles. The minimum atomic E-state index is -0.471. The van der Waals surface area contributed by atoms with Crippen LogP contribution in [0.1, 0.15) is 39.7 Å². The van der Waals surface area contributed by atoms with Gasteiger partial charge in [-0.15, -0.1) is 0 Å². The number of carbonyl (C=O) groups excluding carboxylic acids is 1. The minimum Gasteiger partial charge on any atom is -0.369 e.